The van der Waals surface area contributed by atoms with Gasteiger partial charge in [-0.15, -0.1) is 0 Å². The summed E-state index contributed by atoms with van der Waals surface area (Å²) >= 11 is 0. The number of aromatic nitrogens is 3. The number of imidazole rings is 1. The van der Waals surface area contributed by atoms with Crippen LogP contribution in [-0.4, -0.2) is 27.0 Å². The highest BCUT2D eigenvalue weighted by atomic mass is 16.1. The van der Waals surface area contributed by atoms with Crippen LogP contribution in [0.3, 0.4) is 0 Å². The van der Waals surface area contributed by atoms with Crippen molar-refractivity contribution in [2.24, 2.45) is 11.7 Å². The van der Waals surface area contributed by atoms with E-state index in [4.69, 9.17) is 5.73 Å². The average molecular weight is 273 g/mol. The molecular weight excluding hydrogens is 254 g/mol. The maximum absolute atomic E-state index is 12.1. The number of rotatable bonds is 5. The van der Waals surface area contributed by atoms with Crippen LogP contribution in [0.25, 0.3) is 5.82 Å². The van der Waals surface area contributed by atoms with Crippen LogP contribution in [0.15, 0.2) is 30.7 Å². The summed E-state index contributed by atoms with van der Waals surface area (Å²) in [5.41, 5.74) is 6.15. The van der Waals surface area contributed by atoms with Gasteiger partial charge in [-0.3, -0.25) is 9.36 Å². The van der Waals surface area contributed by atoms with Gasteiger partial charge in [0.1, 0.15) is 5.82 Å². The van der Waals surface area contributed by atoms with Crippen LogP contribution in [0, 0.1) is 12.8 Å². The number of pyridine rings is 1. The molecule has 1 unspecified atom stereocenters. The SMILES string of the molecule is Cc1nccn1-c1ncccc1NC(=O)C(C)CCN. The minimum absolute atomic E-state index is 0.0533. The Hall–Kier alpha value is -2.21. The van der Waals surface area contributed by atoms with Crippen LogP contribution in [0.2, 0.25) is 0 Å². The van der Waals surface area contributed by atoms with Crippen molar-refractivity contribution in [3.8, 4) is 5.82 Å². The van der Waals surface area contributed by atoms with Crippen LogP contribution < -0.4 is 11.1 Å². The van der Waals surface area contributed by atoms with Crippen molar-refractivity contribution in [1.29, 1.82) is 0 Å². The molecule has 106 valence electrons. The maximum atomic E-state index is 12.1. The lowest BCUT2D eigenvalue weighted by Gasteiger charge is -2.14. The lowest BCUT2D eigenvalue weighted by atomic mass is 10.1. The van der Waals surface area contributed by atoms with Crippen LogP contribution in [0.1, 0.15) is 19.2 Å². The first kappa shape index (κ1) is 14.2. The van der Waals surface area contributed by atoms with E-state index in [-0.39, 0.29) is 11.8 Å². The van der Waals surface area contributed by atoms with E-state index in [9.17, 15) is 4.79 Å². The summed E-state index contributed by atoms with van der Waals surface area (Å²) in [6.45, 7) is 4.24. The maximum Gasteiger partial charge on any atom is 0.227 e. The van der Waals surface area contributed by atoms with Crippen LogP contribution in [-0.2, 0) is 4.79 Å². The molecule has 20 heavy (non-hydrogen) atoms. The normalized spacial score (nSPS) is 12.2. The average Bonchev–Trinajstić information content (AvgIpc) is 2.86. The highest BCUT2D eigenvalue weighted by Gasteiger charge is 2.15. The molecule has 2 heterocycles. The molecule has 2 aromatic heterocycles. The molecule has 0 saturated carbocycles. The molecule has 1 amide bonds. The zero-order valence-corrected chi connectivity index (χ0v) is 11.7. The number of aryl methyl sites for hydroxylation is 1. The van der Waals surface area contributed by atoms with Gasteiger partial charge in [0, 0.05) is 24.5 Å². The Morgan fingerprint density at radius 2 is 2.25 bits per heavy atom. The molecule has 0 spiro atoms. The van der Waals surface area contributed by atoms with E-state index >= 15 is 0 Å². The van der Waals surface area contributed by atoms with Crippen molar-refractivity contribution >= 4 is 11.6 Å². The first-order valence-corrected chi connectivity index (χ1v) is 6.59. The Morgan fingerprint density at radius 1 is 1.45 bits per heavy atom. The minimum atomic E-state index is -0.128. The molecule has 6 nitrogen and oxygen atoms in total. The minimum Gasteiger partial charge on any atom is -0.330 e. The molecule has 3 N–H and O–H groups in total. The van der Waals surface area contributed by atoms with Crippen molar-refractivity contribution < 1.29 is 4.79 Å². The molecule has 0 aromatic carbocycles. The topological polar surface area (TPSA) is 85.8 Å². The molecular formula is C14H19N5O. The van der Waals surface area contributed by atoms with E-state index in [1.54, 1.807) is 18.5 Å². The van der Waals surface area contributed by atoms with Crippen LogP contribution in [0.4, 0.5) is 5.69 Å². The van der Waals surface area contributed by atoms with Gasteiger partial charge in [-0.2, -0.15) is 0 Å². The number of carbonyl (C=O) groups excluding carboxylic acids is 1. The van der Waals surface area contributed by atoms with Gasteiger partial charge in [-0.1, -0.05) is 6.92 Å². The van der Waals surface area contributed by atoms with Gasteiger partial charge in [-0.25, -0.2) is 9.97 Å². The Bertz CT molecular complexity index is 593. The number of hydrogen-bond acceptors (Lipinski definition) is 4. The summed E-state index contributed by atoms with van der Waals surface area (Å²) in [6.07, 6.45) is 5.86. The van der Waals surface area contributed by atoms with E-state index < -0.39 is 0 Å². The van der Waals surface area contributed by atoms with E-state index in [0.717, 1.165) is 5.82 Å². The molecule has 0 saturated heterocycles. The summed E-state index contributed by atoms with van der Waals surface area (Å²) in [6, 6.07) is 3.62. The second-order valence-corrected chi connectivity index (χ2v) is 4.69. The first-order valence-electron chi connectivity index (χ1n) is 6.59. The number of nitrogens with zero attached hydrogens (tertiary/aromatic N) is 3. The fourth-order valence-corrected chi connectivity index (χ4v) is 1.93. The third-order valence-corrected chi connectivity index (χ3v) is 3.15. The molecule has 0 bridgehead atoms. The largest absolute Gasteiger partial charge is 0.330 e. The quantitative estimate of drug-likeness (QED) is 0.864. The molecule has 6 heteroatoms. The highest BCUT2D eigenvalue weighted by Crippen LogP contribution is 2.19. The zero-order chi connectivity index (χ0) is 14.5. The molecule has 0 radical (unpaired) electrons. The number of carbonyl (C=O) groups is 1. The standard InChI is InChI=1S/C14H19N5O/c1-10(5-6-15)14(20)18-12-4-3-7-17-13(12)19-9-8-16-11(19)2/h3-4,7-10H,5-6,15H2,1-2H3,(H,18,20). The van der Waals surface area contributed by atoms with Crippen molar-refractivity contribution in [2.45, 2.75) is 20.3 Å². The van der Waals surface area contributed by atoms with Gasteiger partial charge in [0.25, 0.3) is 0 Å². The Morgan fingerprint density at radius 3 is 2.90 bits per heavy atom. The number of nitrogens with two attached hydrogens (primary N) is 1. The smallest absolute Gasteiger partial charge is 0.227 e. The molecule has 2 aromatic rings. The van der Waals surface area contributed by atoms with Gasteiger partial charge >= 0.3 is 0 Å². The van der Waals surface area contributed by atoms with Gasteiger partial charge in [0.15, 0.2) is 5.82 Å². The summed E-state index contributed by atoms with van der Waals surface area (Å²) < 4.78 is 1.84. The van der Waals surface area contributed by atoms with Crippen molar-refractivity contribution in [3.63, 3.8) is 0 Å². The summed E-state index contributed by atoms with van der Waals surface area (Å²) in [5, 5.41) is 2.90. The van der Waals surface area contributed by atoms with E-state index in [0.29, 0.717) is 24.5 Å². The van der Waals surface area contributed by atoms with Gasteiger partial charge < -0.3 is 11.1 Å². The molecule has 0 aliphatic carbocycles. The number of nitrogens with one attached hydrogen (secondary N) is 1. The molecule has 0 aliphatic heterocycles. The second-order valence-electron chi connectivity index (χ2n) is 4.69. The van der Waals surface area contributed by atoms with E-state index in [2.05, 4.69) is 15.3 Å². The monoisotopic (exact) mass is 273 g/mol. The van der Waals surface area contributed by atoms with E-state index in [1.165, 1.54) is 0 Å². The molecule has 0 aliphatic rings. The number of hydrogen-bond donors (Lipinski definition) is 2. The highest BCUT2D eigenvalue weighted by molar-refractivity contribution is 5.93. The zero-order valence-electron chi connectivity index (χ0n) is 11.7. The van der Waals surface area contributed by atoms with Crippen molar-refractivity contribution in [2.75, 3.05) is 11.9 Å². The van der Waals surface area contributed by atoms with Crippen molar-refractivity contribution in [3.05, 3.63) is 36.5 Å². The fraction of sp³-hybridized carbons (Fsp3) is 0.357. The summed E-state index contributed by atoms with van der Waals surface area (Å²) in [4.78, 5) is 20.6. The predicted octanol–water partition coefficient (Wildman–Crippen LogP) is 1.50. The lowest BCUT2D eigenvalue weighted by Crippen LogP contribution is -2.23. The van der Waals surface area contributed by atoms with Crippen LogP contribution >= 0.6 is 0 Å². The number of anilines is 1. The Kier molecular flexibility index (Phi) is 4.47. The number of amides is 1. The molecule has 0 fully saturated rings. The van der Waals surface area contributed by atoms with Gasteiger partial charge in [0.2, 0.25) is 5.91 Å². The Balaban J connectivity index is 2.25. The fourth-order valence-electron chi connectivity index (χ4n) is 1.93. The van der Waals surface area contributed by atoms with Gasteiger partial charge in [0.05, 0.1) is 5.69 Å². The second kappa shape index (κ2) is 6.29. The van der Waals surface area contributed by atoms with Crippen LogP contribution in [0.5, 0.6) is 0 Å². The lowest BCUT2D eigenvalue weighted by molar-refractivity contribution is -0.119. The summed E-state index contributed by atoms with van der Waals surface area (Å²) in [7, 11) is 0. The third kappa shape index (κ3) is 3.03. The van der Waals surface area contributed by atoms with E-state index in [1.807, 2.05) is 30.7 Å². The molecule has 1 atom stereocenters. The van der Waals surface area contributed by atoms with Gasteiger partial charge in [-0.05, 0) is 32.0 Å². The molecule has 2 rings (SSSR count). The predicted molar refractivity (Wildman–Crippen MR) is 77.6 cm³/mol. The van der Waals surface area contributed by atoms with Crippen molar-refractivity contribution in [1.82, 2.24) is 14.5 Å². The summed E-state index contributed by atoms with van der Waals surface area (Å²) in [5.74, 6) is 1.30. The third-order valence-electron chi connectivity index (χ3n) is 3.15. The first-order chi connectivity index (χ1) is 9.63. The Labute approximate surface area is 118 Å².